The van der Waals surface area contributed by atoms with E-state index >= 15 is 0 Å². The van der Waals surface area contributed by atoms with Crippen LogP contribution in [0.4, 0.5) is 18.0 Å². The molecule has 0 aliphatic carbocycles. The Hall–Kier alpha value is -1.80. The lowest BCUT2D eigenvalue weighted by atomic mass is 10.2. The van der Waals surface area contributed by atoms with Gasteiger partial charge in [0.25, 0.3) is 0 Å². The molecule has 2 aromatic rings. The molecule has 1 heterocycles. The van der Waals surface area contributed by atoms with Gasteiger partial charge in [-0.2, -0.15) is 13.2 Å². The molecule has 1 aromatic heterocycles. The Labute approximate surface area is 132 Å². The van der Waals surface area contributed by atoms with Gasteiger partial charge in [-0.3, -0.25) is 4.57 Å². The molecular weight excluding hydrogens is 341 g/mol. The fourth-order valence-electron chi connectivity index (χ4n) is 1.65. The van der Waals surface area contributed by atoms with Crippen LogP contribution >= 0.6 is 22.9 Å². The maximum atomic E-state index is 12.8. The smallest absolute Gasteiger partial charge is 0.436 e. The Morgan fingerprint density at radius 1 is 1.45 bits per heavy atom. The maximum absolute atomic E-state index is 12.8. The summed E-state index contributed by atoms with van der Waals surface area (Å²) in [6.45, 7) is 1.76. The van der Waals surface area contributed by atoms with Gasteiger partial charge in [0.1, 0.15) is 4.34 Å². The standard InChI is InChI=1S/C13H10ClF3N2O2S/c1-2-21-12(20)18-11-19(7-10(14)22-11)9-5-3-4-8(6-9)13(15,16)17/h3-7H,2H2,1H3/b18-11+. The zero-order chi connectivity index (χ0) is 16.3. The Morgan fingerprint density at radius 2 is 2.18 bits per heavy atom. The summed E-state index contributed by atoms with van der Waals surface area (Å²) in [6, 6.07) is 4.64. The number of carbonyl (C=O) groups is 1. The van der Waals surface area contributed by atoms with Crippen molar-refractivity contribution in [3.8, 4) is 5.69 Å². The summed E-state index contributed by atoms with van der Waals surface area (Å²) in [5.41, 5.74) is -0.608. The van der Waals surface area contributed by atoms with Gasteiger partial charge < -0.3 is 4.74 Å². The van der Waals surface area contributed by atoms with Crippen LogP contribution in [0.1, 0.15) is 12.5 Å². The van der Waals surface area contributed by atoms with Crippen molar-refractivity contribution in [1.29, 1.82) is 0 Å². The molecule has 0 unspecified atom stereocenters. The highest BCUT2D eigenvalue weighted by Crippen LogP contribution is 2.30. The zero-order valence-electron chi connectivity index (χ0n) is 11.2. The minimum absolute atomic E-state index is 0.128. The number of benzene rings is 1. The van der Waals surface area contributed by atoms with Crippen molar-refractivity contribution in [2.45, 2.75) is 13.1 Å². The third kappa shape index (κ3) is 3.89. The molecule has 0 spiro atoms. The molecule has 22 heavy (non-hydrogen) atoms. The molecule has 2 rings (SSSR count). The third-order valence-corrected chi connectivity index (χ3v) is 3.63. The second-order valence-corrected chi connectivity index (χ2v) is 5.69. The normalized spacial score (nSPS) is 12.5. The van der Waals surface area contributed by atoms with Gasteiger partial charge in [-0.05, 0) is 25.1 Å². The molecule has 4 nitrogen and oxygen atoms in total. The minimum atomic E-state index is -4.46. The lowest BCUT2D eigenvalue weighted by Crippen LogP contribution is -2.16. The predicted octanol–water partition coefficient (Wildman–Crippen LogP) is 4.27. The average molecular weight is 351 g/mol. The molecule has 0 N–H and O–H groups in total. The summed E-state index contributed by atoms with van der Waals surface area (Å²) in [5.74, 6) is 0. The quantitative estimate of drug-likeness (QED) is 0.812. The predicted molar refractivity (Wildman–Crippen MR) is 76.2 cm³/mol. The first-order valence-electron chi connectivity index (χ1n) is 6.08. The van der Waals surface area contributed by atoms with Gasteiger partial charge in [-0.15, -0.1) is 4.99 Å². The highest BCUT2D eigenvalue weighted by Gasteiger charge is 2.30. The van der Waals surface area contributed by atoms with Crippen molar-refractivity contribution in [3.63, 3.8) is 0 Å². The molecular formula is C13H10ClF3N2O2S. The van der Waals surface area contributed by atoms with E-state index in [2.05, 4.69) is 9.73 Å². The molecule has 9 heteroatoms. The maximum Gasteiger partial charge on any atom is 0.436 e. The van der Waals surface area contributed by atoms with Crippen molar-refractivity contribution >= 4 is 29.0 Å². The van der Waals surface area contributed by atoms with Gasteiger partial charge in [-0.1, -0.05) is 29.0 Å². The molecule has 0 radical (unpaired) electrons. The van der Waals surface area contributed by atoms with Crippen LogP contribution < -0.4 is 4.80 Å². The molecule has 0 fully saturated rings. The highest BCUT2D eigenvalue weighted by atomic mass is 35.5. The molecule has 0 aliphatic heterocycles. The van der Waals surface area contributed by atoms with E-state index in [1.807, 2.05) is 0 Å². The second-order valence-electron chi connectivity index (χ2n) is 4.05. The molecule has 1 amide bonds. The van der Waals surface area contributed by atoms with Gasteiger partial charge in [-0.25, -0.2) is 4.79 Å². The van der Waals surface area contributed by atoms with Gasteiger partial charge >= 0.3 is 12.3 Å². The molecule has 118 valence electrons. The molecule has 0 atom stereocenters. The van der Waals surface area contributed by atoms with E-state index in [-0.39, 0.29) is 21.4 Å². The number of amides is 1. The van der Waals surface area contributed by atoms with Crippen LogP contribution in [-0.2, 0) is 10.9 Å². The highest BCUT2D eigenvalue weighted by molar-refractivity contribution is 7.13. The van der Waals surface area contributed by atoms with E-state index < -0.39 is 17.8 Å². The van der Waals surface area contributed by atoms with E-state index in [1.54, 1.807) is 6.92 Å². The van der Waals surface area contributed by atoms with Crippen LogP contribution in [0.2, 0.25) is 4.34 Å². The van der Waals surface area contributed by atoms with Crippen LogP contribution in [-0.4, -0.2) is 17.3 Å². The summed E-state index contributed by atoms with van der Waals surface area (Å²) in [7, 11) is 0. The molecule has 0 saturated heterocycles. The first kappa shape index (κ1) is 16.6. The number of carbonyl (C=O) groups excluding carboxylic acids is 1. The summed E-state index contributed by atoms with van der Waals surface area (Å²) in [4.78, 5) is 15.2. The van der Waals surface area contributed by atoms with E-state index in [9.17, 15) is 18.0 Å². The van der Waals surface area contributed by atoms with E-state index in [0.29, 0.717) is 0 Å². The topological polar surface area (TPSA) is 43.6 Å². The van der Waals surface area contributed by atoms with Crippen molar-refractivity contribution < 1.29 is 22.7 Å². The van der Waals surface area contributed by atoms with Gasteiger partial charge in [0.05, 0.1) is 12.2 Å². The minimum Gasteiger partial charge on any atom is -0.448 e. The fraction of sp³-hybridized carbons (Fsp3) is 0.231. The van der Waals surface area contributed by atoms with Crippen LogP contribution in [0.15, 0.2) is 35.5 Å². The number of nitrogens with zero attached hydrogens (tertiary/aromatic N) is 2. The average Bonchev–Trinajstić information content (AvgIpc) is 2.79. The first-order chi connectivity index (χ1) is 10.3. The summed E-state index contributed by atoms with van der Waals surface area (Å²) in [5, 5.41) is 0. The number of halogens is 4. The Kier molecular flexibility index (Phi) is 4.92. The van der Waals surface area contributed by atoms with Crippen molar-refractivity contribution in [3.05, 3.63) is 45.2 Å². The van der Waals surface area contributed by atoms with E-state index in [0.717, 1.165) is 23.5 Å². The summed E-state index contributed by atoms with van der Waals surface area (Å²) < 4.78 is 44.6. The third-order valence-electron chi connectivity index (χ3n) is 2.53. The van der Waals surface area contributed by atoms with Crippen LogP contribution in [0, 0.1) is 0 Å². The number of ether oxygens (including phenoxy) is 1. The van der Waals surface area contributed by atoms with Crippen LogP contribution in [0.5, 0.6) is 0 Å². The van der Waals surface area contributed by atoms with Gasteiger partial charge in [0.2, 0.25) is 4.80 Å². The van der Waals surface area contributed by atoms with Crippen LogP contribution in [0.25, 0.3) is 5.69 Å². The van der Waals surface area contributed by atoms with Crippen molar-refractivity contribution in [2.75, 3.05) is 6.61 Å². The number of aromatic nitrogens is 1. The van der Waals surface area contributed by atoms with E-state index in [4.69, 9.17) is 11.6 Å². The van der Waals surface area contributed by atoms with Crippen LogP contribution in [0.3, 0.4) is 0 Å². The molecule has 1 aromatic carbocycles. The molecule has 0 saturated carbocycles. The zero-order valence-corrected chi connectivity index (χ0v) is 12.8. The van der Waals surface area contributed by atoms with E-state index in [1.165, 1.54) is 22.9 Å². The number of hydrogen-bond donors (Lipinski definition) is 0. The van der Waals surface area contributed by atoms with Gasteiger partial charge in [0.15, 0.2) is 0 Å². The lowest BCUT2D eigenvalue weighted by Gasteiger charge is -2.09. The molecule has 0 bridgehead atoms. The number of alkyl halides is 3. The summed E-state index contributed by atoms with van der Waals surface area (Å²) in [6.07, 6.45) is -3.91. The number of thiazole rings is 1. The first-order valence-corrected chi connectivity index (χ1v) is 7.28. The second kappa shape index (κ2) is 6.53. The van der Waals surface area contributed by atoms with Gasteiger partial charge in [0, 0.05) is 11.9 Å². The van der Waals surface area contributed by atoms with Crippen molar-refractivity contribution in [1.82, 2.24) is 4.57 Å². The lowest BCUT2D eigenvalue weighted by molar-refractivity contribution is -0.137. The Morgan fingerprint density at radius 3 is 2.82 bits per heavy atom. The van der Waals surface area contributed by atoms with Crippen molar-refractivity contribution in [2.24, 2.45) is 4.99 Å². The Bertz CT molecular complexity index is 752. The number of hydrogen-bond acceptors (Lipinski definition) is 3. The summed E-state index contributed by atoms with van der Waals surface area (Å²) >= 11 is 6.83. The largest absolute Gasteiger partial charge is 0.448 e. The fourth-order valence-corrected chi connectivity index (χ4v) is 2.66. The monoisotopic (exact) mass is 350 g/mol. The number of rotatable bonds is 2. The Balaban J connectivity index is 2.52. The molecule has 0 aliphatic rings. The SMILES string of the molecule is CCOC(=O)/N=c1/sc(Cl)cn1-c1cccc(C(F)(F)F)c1.